The minimum absolute atomic E-state index is 0.0408. The monoisotopic (exact) mass is 681 g/mol. The van der Waals surface area contributed by atoms with Gasteiger partial charge in [-0.05, 0) is 145 Å². The first-order chi connectivity index (χ1) is 22.7. The summed E-state index contributed by atoms with van der Waals surface area (Å²) in [6, 6.07) is 9.69. The van der Waals surface area contributed by atoms with Gasteiger partial charge in [-0.2, -0.15) is 26.3 Å². The summed E-state index contributed by atoms with van der Waals surface area (Å²) in [7, 11) is 0. The van der Waals surface area contributed by atoms with Crippen LogP contribution in [0.3, 0.4) is 0 Å². The van der Waals surface area contributed by atoms with Crippen molar-refractivity contribution in [3.63, 3.8) is 0 Å². The first-order valence-electron chi connectivity index (χ1n) is 17.5. The summed E-state index contributed by atoms with van der Waals surface area (Å²) in [5.41, 5.74) is -3.28. The Hall–Kier alpha value is -2.63. The summed E-state index contributed by atoms with van der Waals surface area (Å²) in [5.74, 6) is 0.542. The fourth-order valence-electron chi connectivity index (χ4n) is 7.97. The van der Waals surface area contributed by atoms with Crippen LogP contribution in [-0.4, -0.2) is 73.0 Å². The molecule has 5 rings (SSSR count). The van der Waals surface area contributed by atoms with Gasteiger partial charge in [-0.15, -0.1) is 0 Å². The Morgan fingerprint density at radius 1 is 0.917 bits per heavy atom. The molecule has 0 saturated carbocycles. The van der Waals surface area contributed by atoms with Crippen molar-refractivity contribution in [1.82, 2.24) is 15.1 Å². The number of hydrogen-bond donors (Lipinski definition) is 1. The van der Waals surface area contributed by atoms with Crippen LogP contribution in [0.5, 0.6) is 5.75 Å². The number of likely N-dealkylation sites (tertiary alicyclic amines) is 2. The number of carbonyl (C=O) groups excluding carboxylic acids is 1. The molecule has 0 aromatic heterocycles. The Morgan fingerprint density at radius 2 is 1.62 bits per heavy atom. The van der Waals surface area contributed by atoms with Gasteiger partial charge in [0.2, 0.25) is 0 Å². The summed E-state index contributed by atoms with van der Waals surface area (Å²) in [4.78, 5) is 18.8. The van der Waals surface area contributed by atoms with E-state index in [0.717, 1.165) is 44.6 Å². The van der Waals surface area contributed by atoms with Crippen LogP contribution < -0.4 is 10.1 Å². The first-order valence-corrected chi connectivity index (χ1v) is 17.5. The third kappa shape index (κ3) is 9.33. The largest absolute Gasteiger partial charge is 0.491 e. The Labute approximate surface area is 280 Å². The molecular weight excluding hydrogens is 632 g/mol. The molecule has 3 aliphatic heterocycles. The summed E-state index contributed by atoms with van der Waals surface area (Å²) >= 11 is 0. The highest BCUT2D eigenvalue weighted by Gasteiger charge is 2.46. The first kappa shape index (κ1) is 36.6. The highest BCUT2D eigenvalue weighted by Crippen LogP contribution is 2.46. The number of Topliss-reactive ketones (excluding diaryl/α,β-unsaturated/α-hetero) is 1. The molecule has 2 aromatic rings. The van der Waals surface area contributed by atoms with Gasteiger partial charge < -0.3 is 19.9 Å². The fourth-order valence-corrected chi connectivity index (χ4v) is 7.97. The normalized spacial score (nSPS) is 24.1. The standard InChI is InChI=1S/C37H49F6N3O2/c1-26(2)48-30-9-6-8-27(22-30)23-34(47)33-25-35(14-7-16-44-33,28-10-11-31(36(38,39)40)32(24-28)37(41,42)43)15-21-45-19-12-29(13-20-45)46-17-4-3-5-18-46/h6,8-11,22,24,26,29,33,44H,3-5,7,12-21,23,25H2,1-2H3. The molecule has 1 N–H and O–H groups in total. The summed E-state index contributed by atoms with van der Waals surface area (Å²) < 4.78 is 89.6. The molecule has 0 radical (unpaired) electrons. The lowest BCUT2D eigenvalue weighted by atomic mass is 9.69. The molecule has 5 nitrogen and oxygen atoms in total. The van der Waals surface area contributed by atoms with Crippen LogP contribution in [0, 0.1) is 0 Å². The van der Waals surface area contributed by atoms with Crippen molar-refractivity contribution in [2.75, 3.05) is 39.3 Å². The van der Waals surface area contributed by atoms with Gasteiger partial charge >= 0.3 is 12.4 Å². The number of ketones is 1. The van der Waals surface area contributed by atoms with Crippen LogP contribution in [0.1, 0.15) is 93.9 Å². The van der Waals surface area contributed by atoms with E-state index in [1.165, 1.54) is 25.3 Å². The number of carbonyl (C=O) groups is 1. The van der Waals surface area contributed by atoms with Gasteiger partial charge in [0.1, 0.15) is 5.75 Å². The molecule has 0 aliphatic carbocycles. The van der Waals surface area contributed by atoms with E-state index in [1.807, 2.05) is 38.1 Å². The molecule has 3 heterocycles. The van der Waals surface area contributed by atoms with Gasteiger partial charge in [0.15, 0.2) is 5.78 Å². The molecule has 3 aliphatic rings. The number of nitrogens with one attached hydrogen (secondary N) is 1. The predicted molar refractivity (Wildman–Crippen MR) is 174 cm³/mol. The van der Waals surface area contributed by atoms with Gasteiger partial charge in [-0.1, -0.05) is 24.6 Å². The van der Waals surface area contributed by atoms with Crippen molar-refractivity contribution in [3.8, 4) is 5.75 Å². The topological polar surface area (TPSA) is 44.8 Å². The van der Waals surface area contributed by atoms with Gasteiger partial charge in [0.05, 0.1) is 23.3 Å². The average Bonchev–Trinajstić information content (AvgIpc) is 3.27. The van der Waals surface area contributed by atoms with Crippen molar-refractivity contribution in [1.29, 1.82) is 0 Å². The van der Waals surface area contributed by atoms with E-state index in [-0.39, 0.29) is 30.3 Å². The molecule has 0 spiro atoms. The number of ether oxygens (including phenoxy) is 1. The van der Waals surface area contributed by atoms with Gasteiger partial charge in [0.25, 0.3) is 0 Å². The van der Waals surface area contributed by atoms with E-state index in [0.29, 0.717) is 56.3 Å². The highest BCUT2D eigenvalue weighted by molar-refractivity contribution is 5.86. The molecule has 0 amide bonds. The van der Waals surface area contributed by atoms with Gasteiger partial charge in [0, 0.05) is 12.5 Å². The van der Waals surface area contributed by atoms with E-state index in [2.05, 4.69) is 15.1 Å². The number of alkyl halides is 6. The van der Waals surface area contributed by atoms with E-state index in [1.54, 1.807) is 0 Å². The van der Waals surface area contributed by atoms with Gasteiger partial charge in [-0.3, -0.25) is 4.79 Å². The van der Waals surface area contributed by atoms with Gasteiger partial charge in [-0.25, -0.2) is 0 Å². The smallest absolute Gasteiger partial charge is 0.417 e. The zero-order valence-electron chi connectivity index (χ0n) is 28.1. The minimum atomic E-state index is -5.18. The number of rotatable bonds is 10. The Kier molecular flexibility index (Phi) is 11.8. The highest BCUT2D eigenvalue weighted by atomic mass is 19.4. The molecule has 3 saturated heterocycles. The van der Waals surface area contributed by atoms with Crippen molar-refractivity contribution in [3.05, 3.63) is 64.7 Å². The fraction of sp³-hybridized carbons (Fsp3) is 0.649. The van der Waals surface area contributed by atoms with Crippen LogP contribution in [0.4, 0.5) is 26.3 Å². The number of piperidine rings is 2. The molecule has 11 heteroatoms. The van der Waals surface area contributed by atoms with Crippen LogP contribution in [0.15, 0.2) is 42.5 Å². The molecule has 2 atom stereocenters. The molecule has 0 bridgehead atoms. The molecule has 266 valence electrons. The maximum atomic E-state index is 14.2. The maximum absolute atomic E-state index is 14.2. The molecule has 2 aromatic carbocycles. The van der Waals surface area contributed by atoms with E-state index in [9.17, 15) is 31.1 Å². The SMILES string of the molecule is CC(C)Oc1cccc(CC(=O)C2CC(CCN3CCC(N4CCCCC4)CC3)(c3ccc(C(F)(F)F)c(C(F)(F)F)c3)CCCN2)c1. The Balaban J connectivity index is 1.40. The molecule has 48 heavy (non-hydrogen) atoms. The average molecular weight is 682 g/mol. The summed E-state index contributed by atoms with van der Waals surface area (Å²) in [6.07, 6.45) is -2.79. The molecular formula is C37H49F6N3O2. The summed E-state index contributed by atoms with van der Waals surface area (Å²) in [6.45, 7) is 8.90. The summed E-state index contributed by atoms with van der Waals surface area (Å²) in [5, 5.41) is 3.33. The second-order valence-corrected chi connectivity index (χ2v) is 14.2. The number of hydrogen-bond acceptors (Lipinski definition) is 5. The second kappa shape index (κ2) is 15.5. The lowest BCUT2D eigenvalue weighted by Gasteiger charge is -2.42. The minimum Gasteiger partial charge on any atom is -0.491 e. The lowest BCUT2D eigenvalue weighted by molar-refractivity contribution is -0.162. The third-order valence-corrected chi connectivity index (χ3v) is 10.5. The molecule has 2 unspecified atom stereocenters. The maximum Gasteiger partial charge on any atom is 0.417 e. The number of nitrogens with zero attached hydrogens (tertiary/aromatic N) is 2. The Bertz CT molecular complexity index is 1370. The number of benzene rings is 2. The van der Waals surface area contributed by atoms with Crippen LogP contribution in [0.25, 0.3) is 0 Å². The van der Waals surface area contributed by atoms with E-state index >= 15 is 0 Å². The van der Waals surface area contributed by atoms with Crippen molar-refractivity contribution < 1.29 is 35.9 Å². The zero-order chi connectivity index (χ0) is 34.5. The zero-order valence-corrected chi connectivity index (χ0v) is 28.1. The van der Waals surface area contributed by atoms with Crippen LogP contribution in [0.2, 0.25) is 0 Å². The van der Waals surface area contributed by atoms with Crippen LogP contribution >= 0.6 is 0 Å². The lowest BCUT2D eigenvalue weighted by Crippen LogP contribution is -2.48. The van der Waals surface area contributed by atoms with Crippen LogP contribution in [-0.2, 0) is 29.0 Å². The Morgan fingerprint density at radius 3 is 2.29 bits per heavy atom. The van der Waals surface area contributed by atoms with Crippen molar-refractivity contribution in [2.24, 2.45) is 0 Å². The van der Waals surface area contributed by atoms with E-state index in [4.69, 9.17) is 4.74 Å². The van der Waals surface area contributed by atoms with Crippen molar-refractivity contribution >= 4 is 5.78 Å². The predicted octanol–water partition coefficient (Wildman–Crippen LogP) is 8.04. The van der Waals surface area contributed by atoms with Crippen molar-refractivity contribution in [2.45, 2.75) is 114 Å². The quantitative estimate of drug-likeness (QED) is 0.257. The molecule has 3 fully saturated rings. The second-order valence-electron chi connectivity index (χ2n) is 14.2. The number of halogens is 6. The third-order valence-electron chi connectivity index (χ3n) is 10.5. The van der Waals surface area contributed by atoms with E-state index < -0.39 is 34.9 Å².